The maximum Gasteiger partial charge on any atom is 0.313 e. The molecule has 33 heavy (non-hydrogen) atoms. The van der Waals surface area contributed by atoms with E-state index in [0.717, 1.165) is 34.2 Å². The van der Waals surface area contributed by atoms with Gasteiger partial charge in [-0.05, 0) is 52.6 Å². The molecule has 1 amide bonds. The summed E-state index contributed by atoms with van der Waals surface area (Å²) in [5, 5.41) is 0. The Hall–Kier alpha value is -3.40. The van der Waals surface area contributed by atoms with E-state index in [1.165, 1.54) is 5.56 Å². The minimum absolute atomic E-state index is 0.276. The molecular weight excluding hydrogens is 410 g/mol. The van der Waals surface area contributed by atoms with Crippen LogP contribution in [0.1, 0.15) is 72.1 Å². The molecule has 4 rings (SSSR count). The van der Waals surface area contributed by atoms with Crippen LogP contribution in [-0.2, 0) is 27.2 Å². The molecule has 0 aliphatic heterocycles. The number of hydrogen-bond donors (Lipinski definition) is 1. The van der Waals surface area contributed by atoms with Gasteiger partial charge < -0.3 is 10.5 Å². The Labute approximate surface area is 195 Å². The minimum Gasteiger partial charge on any atom is -0.457 e. The van der Waals surface area contributed by atoms with Crippen molar-refractivity contribution in [1.82, 2.24) is 0 Å². The molecule has 2 unspecified atom stereocenters. The van der Waals surface area contributed by atoms with Crippen LogP contribution in [-0.4, -0.2) is 11.9 Å². The van der Waals surface area contributed by atoms with Crippen molar-refractivity contribution in [3.05, 3.63) is 106 Å². The predicted molar refractivity (Wildman–Crippen MR) is 130 cm³/mol. The Balaban J connectivity index is 1.62. The topological polar surface area (TPSA) is 69.4 Å². The van der Waals surface area contributed by atoms with E-state index >= 15 is 0 Å². The molecule has 1 aliphatic carbocycles. The third-order valence-electron chi connectivity index (χ3n) is 6.45. The van der Waals surface area contributed by atoms with E-state index in [9.17, 15) is 9.59 Å². The molecule has 0 saturated carbocycles. The van der Waals surface area contributed by atoms with Crippen molar-refractivity contribution in [2.45, 2.75) is 51.6 Å². The van der Waals surface area contributed by atoms with Crippen molar-refractivity contribution in [1.29, 1.82) is 0 Å². The first-order valence-electron chi connectivity index (χ1n) is 11.6. The fourth-order valence-corrected chi connectivity index (χ4v) is 4.75. The van der Waals surface area contributed by atoms with Crippen LogP contribution < -0.4 is 5.73 Å². The molecule has 3 aromatic carbocycles. The summed E-state index contributed by atoms with van der Waals surface area (Å²) in [6.07, 6.45) is 1.03. The number of fused-ring (bicyclic) bond motifs is 2. The number of hydrogen-bond acceptors (Lipinski definition) is 3. The van der Waals surface area contributed by atoms with Crippen molar-refractivity contribution >= 4 is 11.9 Å². The SMILES string of the molecule is CC(C)Cc1ccc([C@H](C)C(=O)OC2Cc3ccccc3C(C(N)=O)c3ccccc32)cc1. The van der Waals surface area contributed by atoms with E-state index in [0.29, 0.717) is 12.3 Å². The zero-order chi connectivity index (χ0) is 23.5. The zero-order valence-corrected chi connectivity index (χ0v) is 19.5. The van der Waals surface area contributed by atoms with E-state index < -0.39 is 23.8 Å². The van der Waals surface area contributed by atoms with Crippen LogP contribution >= 0.6 is 0 Å². The molecule has 3 aromatic rings. The highest BCUT2D eigenvalue weighted by Crippen LogP contribution is 2.40. The third-order valence-corrected chi connectivity index (χ3v) is 6.45. The monoisotopic (exact) mass is 441 g/mol. The molecule has 1 aliphatic rings. The van der Waals surface area contributed by atoms with Gasteiger partial charge >= 0.3 is 5.97 Å². The maximum atomic E-state index is 13.2. The van der Waals surface area contributed by atoms with Gasteiger partial charge in [0.15, 0.2) is 0 Å². The van der Waals surface area contributed by atoms with E-state index in [1.807, 2.05) is 67.6 Å². The van der Waals surface area contributed by atoms with E-state index in [2.05, 4.69) is 26.0 Å². The first kappa shape index (κ1) is 22.8. The highest BCUT2D eigenvalue weighted by Gasteiger charge is 2.34. The summed E-state index contributed by atoms with van der Waals surface area (Å²) >= 11 is 0. The lowest BCUT2D eigenvalue weighted by molar-refractivity contribution is -0.150. The van der Waals surface area contributed by atoms with E-state index in [1.54, 1.807) is 0 Å². The van der Waals surface area contributed by atoms with Gasteiger partial charge in [0.2, 0.25) is 5.91 Å². The van der Waals surface area contributed by atoms with E-state index in [4.69, 9.17) is 10.5 Å². The molecular formula is C29H31NO3. The standard InChI is InChI=1S/C29H31NO3/c1-18(2)16-20-12-14-21(15-13-20)19(3)29(32)33-26-17-22-8-4-5-9-23(22)27(28(30)31)25-11-7-6-10-24(25)26/h4-15,18-19,26-27H,16-17H2,1-3H3,(H2,30,31)/t19-,26?,27?/m0/s1. The van der Waals surface area contributed by atoms with Gasteiger partial charge in [-0.3, -0.25) is 9.59 Å². The van der Waals surface area contributed by atoms with Gasteiger partial charge in [0.25, 0.3) is 0 Å². The highest BCUT2D eigenvalue weighted by molar-refractivity contribution is 5.87. The number of nitrogens with two attached hydrogens (primary N) is 1. The quantitative estimate of drug-likeness (QED) is 0.518. The summed E-state index contributed by atoms with van der Waals surface area (Å²) in [7, 11) is 0. The maximum absolute atomic E-state index is 13.2. The number of amides is 1. The van der Waals surface area contributed by atoms with Crippen LogP contribution in [0, 0.1) is 5.92 Å². The summed E-state index contributed by atoms with van der Waals surface area (Å²) in [5.74, 6) is -1.05. The van der Waals surface area contributed by atoms with Gasteiger partial charge in [-0.15, -0.1) is 0 Å². The second-order valence-electron chi connectivity index (χ2n) is 9.35. The minimum atomic E-state index is -0.563. The molecule has 170 valence electrons. The summed E-state index contributed by atoms with van der Waals surface area (Å²) < 4.78 is 6.10. The fourth-order valence-electron chi connectivity index (χ4n) is 4.75. The number of benzene rings is 3. The summed E-state index contributed by atoms with van der Waals surface area (Å²) in [6.45, 7) is 6.27. The lowest BCUT2D eigenvalue weighted by atomic mass is 9.87. The van der Waals surface area contributed by atoms with E-state index in [-0.39, 0.29) is 5.97 Å². The largest absolute Gasteiger partial charge is 0.457 e. The first-order valence-corrected chi connectivity index (χ1v) is 11.6. The van der Waals surface area contributed by atoms with Crippen LogP contribution in [0.2, 0.25) is 0 Å². The van der Waals surface area contributed by atoms with Crippen LogP contribution in [0.5, 0.6) is 0 Å². The molecule has 3 atom stereocenters. The molecule has 0 bridgehead atoms. The fraction of sp³-hybridized carbons (Fsp3) is 0.310. The Kier molecular flexibility index (Phi) is 6.64. The van der Waals surface area contributed by atoms with Gasteiger partial charge in [0.05, 0.1) is 11.8 Å². The van der Waals surface area contributed by atoms with Crippen molar-refractivity contribution in [2.75, 3.05) is 0 Å². The average Bonchev–Trinajstić information content (AvgIpc) is 2.93. The molecule has 0 aromatic heterocycles. The Bertz CT molecular complexity index is 1150. The van der Waals surface area contributed by atoms with Crippen molar-refractivity contribution < 1.29 is 14.3 Å². The highest BCUT2D eigenvalue weighted by atomic mass is 16.5. The zero-order valence-electron chi connectivity index (χ0n) is 19.5. The lowest BCUT2D eigenvalue weighted by Crippen LogP contribution is -2.23. The van der Waals surface area contributed by atoms with Crippen LogP contribution in [0.3, 0.4) is 0 Å². The van der Waals surface area contributed by atoms with Gasteiger partial charge in [0, 0.05) is 6.42 Å². The second kappa shape index (κ2) is 9.62. The molecule has 0 saturated heterocycles. The van der Waals surface area contributed by atoms with Gasteiger partial charge in [0.1, 0.15) is 6.10 Å². The molecule has 0 heterocycles. The van der Waals surface area contributed by atoms with Gasteiger partial charge in [-0.25, -0.2) is 0 Å². The summed E-state index contributed by atoms with van der Waals surface area (Å²) in [6, 6.07) is 23.6. The molecule has 0 fully saturated rings. The number of esters is 1. The van der Waals surface area contributed by atoms with Gasteiger partial charge in [-0.2, -0.15) is 0 Å². The predicted octanol–water partition coefficient (Wildman–Crippen LogP) is 5.45. The molecule has 0 radical (unpaired) electrons. The lowest BCUT2D eigenvalue weighted by Gasteiger charge is -2.22. The molecule has 2 N–H and O–H groups in total. The molecule has 0 spiro atoms. The average molecular weight is 442 g/mol. The summed E-state index contributed by atoms with van der Waals surface area (Å²) in [4.78, 5) is 25.7. The number of carbonyl (C=O) groups excluding carboxylic acids is 2. The second-order valence-corrected chi connectivity index (χ2v) is 9.35. The summed E-state index contributed by atoms with van der Waals surface area (Å²) in [5.41, 5.74) is 11.5. The van der Waals surface area contributed by atoms with Crippen LogP contribution in [0.15, 0.2) is 72.8 Å². The Morgan fingerprint density at radius 2 is 1.48 bits per heavy atom. The number of primary amides is 1. The number of carbonyl (C=O) groups is 2. The Morgan fingerprint density at radius 1 is 0.879 bits per heavy atom. The number of ether oxygens (including phenoxy) is 1. The van der Waals surface area contributed by atoms with Crippen molar-refractivity contribution in [3.63, 3.8) is 0 Å². The van der Waals surface area contributed by atoms with Crippen LogP contribution in [0.25, 0.3) is 0 Å². The first-order chi connectivity index (χ1) is 15.8. The third kappa shape index (κ3) is 4.85. The Morgan fingerprint density at radius 3 is 2.12 bits per heavy atom. The normalized spacial score (nSPS) is 18.1. The molecule has 4 nitrogen and oxygen atoms in total. The van der Waals surface area contributed by atoms with Crippen molar-refractivity contribution in [2.24, 2.45) is 11.7 Å². The van der Waals surface area contributed by atoms with Crippen molar-refractivity contribution in [3.8, 4) is 0 Å². The van der Waals surface area contributed by atoms with Crippen LogP contribution in [0.4, 0.5) is 0 Å². The smallest absolute Gasteiger partial charge is 0.313 e. The molecule has 4 heteroatoms. The number of rotatable bonds is 6. The van der Waals surface area contributed by atoms with Gasteiger partial charge in [-0.1, -0.05) is 86.6 Å².